The number of morpholine rings is 1. The molecular formula is C12H14N4O3. The molecule has 0 bridgehead atoms. The van der Waals surface area contributed by atoms with Gasteiger partial charge in [0.25, 0.3) is 0 Å². The first-order valence-electron chi connectivity index (χ1n) is 6.11. The van der Waals surface area contributed by atoms with Crippen LogP contribution < -0.4 is 0 Å². The lowest BCUT2D eigenvalue weighted by atomic mass is 10.3. The Balaban J connectivity index is 1.82. The van der Waals surface area contributed by atoms with Crippen molar-refractivity contribution >= 4 is 11.6 Å². The van der Waals surface area contributed by atoms with Gasteiger partial charge in [-0.25, -0.2) is 14.3 Å². The summed E-state index contributed by atoms with van der Waals surface area (Å²) in [6, 6.07) is 3.20. The van der Waals surface area contributed by atoms with Crippen LogP contribution in [0.1, 0.15) is 16.2 Å². The highest BCUT2D eigenvalue weighted by atomic mass is 16.5. The van der Waals surface area contributed by atoms with Crippen molar-refractivity contribution < 1.29 is 14.6 Å². The zero-order chi connectivity index (χ0) is 13.2. The van der Waals surface area contributed by atoms with Crippen molar-refractivity contribution in [2.24, 2.45) is 0 Å². The molecule has 0 atom stereocenters. The Hall–Kier alpha value is -1.99. The highest BCUT2D eigenvalue weighted by Crippen LogP contribution is 2.08. The van der Waals surface area contributed by atoms with Crippen molar-refractivity contribution in [1.82, 2.24) is 19.5 Å². The molecule has 1 N–H and O–H groups in total. The van der Waals surface area contributed by atoms with Crippen LogP contribution in [0.15, 0.2) is 18.3 Å². The van der Waals surface area contributed by atoms with Gasteiger partial charge in [0.1, 0.15) is 0 Å². The minimum absolute atomic E-state index is 0.204. The molecule has 0 amide bonds. The van der Waals surface area contributed by atoms with Gasteiger partial charge in [-0.3, -0.25) is 4.90 Å². The molecule has 1 aliphatic heterocycles. The third-order valence-corrected chi connectivity index (χ3v) is 3.09. The lowest BCUT2D eigenvalue weighted by molar-refractivity contribution is 0.0331. The molecule has 100 valence electrons. The Morgan fingerprint density at radius 2 is 2.16 bits per heavy atom. The highest BCUT2D eigenvalue weighted by molar-refractivity contribution is 5.87. The van der Waals surface area contributed by atoms with E-state index in [-0.39, 0.29) is 5.56 Å². The van der Waals surface area contributed by atoms with E-state index in [1.807, 2.05) is 0 Å². The fourth-order valence-corrected chi connectivity index (χ4v) is 2.08. The Labute approximate surface area is 109 Å². The predicted molar refractivity (Wildman–Crippen MR) is 66.0 cm³/mol. The van der Waals surface area contributed by atoms with Gasteiger partial charge in [-0.05, 0) is 12.1 Å². The van der Waals surface area contributed by atoms with Crippen LogP contribution in [-0.2, 0) is 11.3 Å². The van der Waals surface area contributed by atoms with Gasteiger partial charge in [-0.1, -0.05) is 0 Å². The molecule has 1 saturated heterocycles. The summed E-state index contributed by atoms with van der Waals surface area (Å²) in [5.74, 6) is -0.267. The molecule has 3 heterocycles. The summed E-state index contributed by atoms with van der Waals surface area (Å²) in [7, 11) is 0. The number of aromatic nitrogens is 3. The van der Waals surface area contributed by atoms with Crippen LogP contribution in [-0.4, -0.2) is 56.9 Å². The van der Waals surface area contributed by atoms with E-state index in [1.54, 1.807) is 6.07 Å². The molecule has 1 aliphatic rings. The molecule has 0 spiro atoms. The van der Waals surface area contributed by atoms with Crippen LogP contribution in [0.25, 0.3) is 5.65 Å². The first-order valence-corrected chi connectivity index (χ1v) is 6.11. The zero-order valence-corrected chi connectivity index (χ0v) is 10.3. The summed E-state index contributed by atoms with van der Waals surface area (Å²) in [5.41, 5.74) is 0.864. The Bertz CT molecular complexity index is 604. The fraction of sp³-hybridized carbons (Fsp3) is 0.417. The third-order valence-electron chi connectivity index (χ3n) is 3.09. The smallest absolute Gasteiger partial charge is 0.337 e. The van der Waals surface area contributed by atoms with Crippen molar-refractivity contribution in [3.63, 3.8) is 0 Å². The van der Waals surface area contributed by atoms with Crippen molar-refractivity contribution in [3.05, 3.63) is 29.7 Å². The van der Waals surface area contributed by atoms with Crippen LogP contribution in [0.2, 0.25) is 0 Å². The van der Waals surface area contributed by atoms with Crippen LogP contribution >= 0.6 is 0 Å². The number of carbonyl (C=O) groups is 1. The van der Waals surface area contributed by atoms with Gasteiger partial charge in [-0.2, -0.15) is 0 Å². The second-order valence-corrected chi connectivity index (χ2v) is 4.44. The number of aromatic carboxylic acids is 1. The van der Waals surface area contributed by atoms with Crippen LogP contribution in [0, 0.1) is 0 Å². The van der Waals surface area contributed by atoms with E-state index in [0.717, 1.165) is 26.3 Å². The molecule has 7 nitrogen and oxygen atoms in total. The summed E-state index contributed by atoms with van der Waals surface area (Å²) < 4.78 is 6.80. The van der Waals surface area contributed by atoms with E-state index < -0.39 is 5.97 Å². The number of ether oxygens (including phenoxy) is 1. The average Bonchev–Trinajstić information content (AvgIpc) is 2.80. The van der Waals surface area contributed by atoms with E-state index in [9.17, 15) is 4.79 Å². The molecule has 3 rings (SSSR count). The number of nitrogens with zero attached hydrogens (tertiary/aromatic N) is 4. The first-order chi connectivity index (χ1) is 9.22. The van der Waals surface area contributed by atoms with Crippen molar-refractivity contribution in [2.45, 2.75) is 6.54 Å². The lowest BCUT2D eigenvalue weighted by Crippen LogP contribution is -2.35. The molecular weight excluding hydrogens is 248 g/mol. The van der Waals surface area contributed by atoms with E-state index in [2.05, 4.69) is 15.0 Å². The van der Waals surface area contributed by atoms with Crippen molar-refractivity contribution in [3.8, 4) is 0 Å². The highest BCUT2D eigenvalue weighted by Gasteiger charge is 2.14. The molecule has 7 heteroatoms. The maximum absolute atomic E-state index is 10.9. The molecule has 2 aromatic rings. The van der Waals surface area contributed by atoms with Gasteiger partial charge in [0.15, 0.2) is 11.5 Å². The quantitative estimate of drug-likeness (QED) is 0.854. The zero-order valence-electron chi connectivity index (χ0n) is 10.3. The van der Waals surface area contributed by atoms with Gasteiger partial charge in [0.05, 0.1) is 25.3 Å². The first kappa shape index (κ1) is 12.1. The Morgan fingerprint density at radius 3 is 2.89 bits per heavy atom. The predicted octanol–water partition coefficient (Wildman–Crippen LogP) is 0.260. The van der Waals surface area contributed by atoms with Crippen LogP contribution in [0.3, 0.4) is 0 Å². The SMILES string of the molecule is O=C(O)c1ccc2nc(CN3CCOCC3)nn2c1. The molecule has 0 aliphatic carbocycles. The molecule has 19 heavy (non-hydrogen) atoms. The van der Waals surface area contributed by atoms with Gasteiger partial charge >= 0.3 is 5.97 Å². The summed E-state index contributed by atoms with van der Waals surface area (Å²) in [4.78, 5) is 17.5. The summed E-state index contributed by atoms with van der Waals surface area (Å²) in [6.45, 7) is 3.87. The molecule has 0 saturated carbocycles. The van der Waals surface area contributed by atoms with Gasteiger partial charge in [-0.15, -0.1) is 5.10 Å². The summed E-state index contributed by atoms with van der Waals surface area (Å²) >= 11 is 0. The number of carboxylic acid groups (broad SMARTS) is 1. The van der Waals surface area contributed by atoms with Gasteiger partial charge in [0, 0.05) is 19.3 Å². The van der Waals surface area contributed by atoms with E-state index in [4.69, 9.17) is 9.84 Å². The molecule has 0 radical (unpaired) electrons. The monoisotopic (exact) mass is 262 g/mol. The molecule has 0 aromatic carbocycles. The van der Waals surface area contributed by atoms with Crippen LogP contribution in [0.4, 0.5) is 0 Å². The summed E-state index contributed by atoms with van der Waals surface area (Å²) in [6.07, 6.45) is 1.48. The van der Waals surface area contributed by atoms with E-state index in [0.29, 0.717) is 18.0 Å². The molecule has 0 unspecified atom stereocenters. The molecule has 1 fully saturated rings. The second-order valence-electron chi connectivity index (χ2n) is 4.44. The average molecular weight is 262 g/mol. The number of rotatable bonds is 3. The van der Waals surface area contributed by atoms with E-state index >= 15 is 0 Å². The number of fused-ring (bicyclic) bond motifs is 1. The maximum Gasteiger partial charge on any atom is 0.337 e. The second kappa shape index (κ2) is 4.94. The topological polar surface area (TPSA) is 80.0 Å². The lowest BCUT2D eigenvalue weighted by Gasteiger charge is -2.25. The minimum Gasteiger partial charge on any atom is -0.478 e. The minimum atomic E-state index is -0.966. The largest absolute Gasteiger partial charge is 0.478 e. The normalized spacial score (nSPS) is 16.8. The van der Waals surface area contributed by atoms with Crippen molar-refractivity contribution in [1.29, 1.82) is 0 Å². The van der Waals surface area contributed by atoms with Gasteiger partial charge < -0.3 is 9.84 Å². The molecule has 2 aromatic heterocycles. The number of pyridine rings is 1. The summed E-state index contributed by atoms with van der Waals surface area (Å²) in [5, 5.41) is 13.2. The Morgan fingerprint density at radius 1 is 1.37 bits per heavy atom. The van der Waals surface area contributed by atoms with E-state index in [1.165, 1.54) is 16.8 Å². The van der Waals surface area contributed by atoms with Crippen molar-refractivity contribution in [2.75, 3.05) is 26.3 Å². The standard InChI is InChI=1S/C12H14N4O3/c17-12(18)9-1-2-11-13-10(14-16(11)7-9)8-15-3-5-19-6-4-15/h1-2,7H,3-6,8H2,(H,17,18). The maximum atomic E-state index is 10.9. The van der Waals surface area contributed by atoms with Gasteiger partial charge in [0.2, 0.25) is 0 Å². The Kier molecular flexibility index (Phi) is 3.14. The number of hydrogen-bond donors (Lipinski definition) is 1. The number of carboxylic acids is 1. The van der Waals surface area contributed by atoms with Crippen LogP contribution in [0.5, 0.6) is 0 Å². The fourth-order valence-electron chi connectivity index (χ4n) is 2.08. The number of hydrogen-bond acceptors (Lipinski definition) is 5. The third kappa shape index (κ3) is 2.56.